The van der Waals surface area contributed by atoms with E-state index < -0.39 is 11.5 Å². The van der Waals surface area contributed by atoms with E-state index in [4.69, 9.17) is 4.74 Å². The standard InChI is InChI=1S/C28H29N9O4/c1-17-22(16-31-27-24(17)29-10-15-41-27)34-20-6-8-30-25(38)23(20)26(39)33-18-2-4-19(5-3-18)36-11-13-37(14-12-36)28(40)21-7-9-32-35-21/h2-9,16,29H,10-15H2,1H3,(H,32,35)(H,33,39)(H2,30,34,38). The number of nitrogens with one attached hydrogen (secondary N) is 5. The number of hydrogen-bond donors (Lipinski definition) is 5. The number of fused-ring (bicyclic) bond motifs is 1. The molecule has 1 fully saturated rings. The molecule has 0 unspecified atom stereocenters. The number of pyridine rings is 2. The topological polar surface area (TPSA) is 160 Å². The molecule has 0 atom stereocenters. The van der Waals surface area contributed by atoms with Gasteiger partial charge in [-0.3, -0.25) is 19.5 Å². The highest BCUT2D eigenvalue weighted by molar-refractivity contribution is 6.08. The molecule has 2 aliphatic heterocycles. The van der Waals surface area contributed by atoms with Gasteiger partial charge in [0.05, 0.1) is 17.6 Å². The predicted octanol–water partition coefficient (Wildman–Crippen LogP) is 2.56. The minimum absolute atomic E-state index is 0.0454. The van der Waals surface area contributed by atoms with E-state index in [1.54, 1.807) is 41.6 Å². The van der Waals surface area contributed by atoms with Gasteiger partial charge in [-0.2, -0.15) is 5.10 Å². The molecule has 2 aliphatic rings. The van der Waals surface area contributed by atoms with Crippen LogP contribution in [0.3, 0.4) is 0 Å². The normalized spacial score (nSPS) is 14.5. The zero-order chi connectivity index (χ0) is 28.3. The van der Waals surface area contributed by atoms with Crippen LogP contribution in [-0.4, -0.2) is 76.2 Å². The Balaban J connectivity index is 1.12. The molecule has 5 N–H and O–H groups in total. The number of carbonyl (C=O) groups is 2. The molecule has 13 heteroatoms. The quantitative estimate of drug-likeness (QED) is 0.241. The zero-order valence-corrected chi connectivity index (χ0v) is 22.4. The van der Waals surface area contributed by atoms with E-state index in [9.17, 15) is 14.4 Å². The van der Waals surface area contributed by atoms with Gasteiger partial charge in [-0.1, -0.05) is 0 Å². The smallest absolute Gasteiger partial charge is 0.271 e. The van der Waals surface area contributed by atoms with Crippen molar-refractivity contribution in [1.29, 1.82) is 0 Å². The third-order valence-corrected chi connectivity index (χ3v) is 7.19. The first-order valence-corrected chi connectivity index (χ1v) is 13.3. The summed E-state index contributed by atoms with van der Waals surface area (Å²) in [5, 5.41) is 15.9. The van der Waals surface area contributed by atoms with Gasteiger partial charge in [0, 0.05) is 62.1 Å². The van der Waals surface area contributed by atoms with Crippen LogP contribution in [0, 0.1) is 6.92 Å². The maximum atomic E-state index is 13.3. The molecule has 0 radical (unpaired) electrons. The maximum absolute atomic E-state index is 13.3. The Labute approximate surface area is 234 Å². The molecule has 210 valence electrons. The van der Waals surface area contributed by atoms with Crippen molar-refractivity contribution in [2.75, 3.05) is 60.2 Å². The number of hydrogen-bond acceptors (Lipinski definition) is 9. The summed E-state index contributed by atoms with van der Waals surface area (Å²) in [7, 11) is 0. The van der Waals surface area contributed by atoms with Crippen molar-refractivity contribution in [2.24, 2.45) is 0 Å². The Morgan fingerprint density at radius 3 is 2.59 bits per heavy atom. The van der Waals surface area contributed by atoms with Gasteiger partial charge in [0.15, 0.2) is 0 Å². The van der Waals surface area contributed by atoms with E-state index in [1.165, 1.54) is 6.20 Å². The average molecular weight is 556 g/mol. The summed E-state index contributed by atoms with van der Waals surface area (Å²) in [6.07, 6.45) is 4.67. The van der Waals surface area contributed by atoms with E-state index in [0.29, 0.717) is 68.0 Å². The fraction of sp³-hybridized carbons (Fsp3) is 0.250. The minimum Gasteiger partial charge on any atom is -0.474 e. The second-order valence-corrected chi connectivity index (χ2v) is 9.72. The Morgan fingerprint density at radius 1 is 1.02 bits per heavy atom. The number of carbonyl (C=O) groups excluding carboxylic acids is 2. The molecule has 0 spiro atoms. The molecule has 5 heterocycles. The molecule has 0 aliphatic carbocycles. The van der Waals surface area contributed by atoms with Crippen molar-refractivity contribution in [3.63, 3.8) is 0 Å². The number of aromatic nitrogens is 4. The lowest BCUT2D eigenvalue weighted by molar-refractivity contribution is 0.0740. The monoisotopic (exact) mass is 555 g/mol. The van der Waals surface area contributed by atoms with E-state index in [2.05, 4.69) is 41.0 Å². The summed E-state index contributed by atoms with van der Waals surface area (Å²) in [6.45, 7) is 5.65. The van der Waals surface area contributed by atoms with Gasteiger partial charge < -0.3 is 35.5 Å². The van der Waals surface area contributed by atoms with Gasteiger partial charge in [-0.05, 0) is 43.3 Å². The van der Waals surface area contributed by atoms with Gasteiger partial charge in [0.1, 0.15) is 23.6 Å². The molecule has 1 aromatic carbocycles. The number of piperazine rings is 1. The summed E-state index contributed by atoms with van der Waals surface area (Å²) in [6, 6.07) is 10.7. The van der Waals surface area contributed by atoms with E-state index in [-0.39, 0.29) is 11.5 Å². The van der Waals surface area contributed by atoms with E-state index >= 15 is 0 Å². The minimum atomic E-state index is -0.543. The van der Waals surface area contributed by atoms with E-state index in [1.807, 2.05) is 19.1 Å². The van der Waals surface area contributed by atoms with Gasteiger partial charge in [0.25, 0.3) is 17.4 Å². The number of H-pyrrole nitrogens is 2. The molecule has 0 bridgehead atoms. The number of nitrogens with zero attached hydrogens (tertiary/aromatic N) is 4. The number of anilines is 5. The van der Waals surface area contributed by atoms with Crippen LogP contribution in [-0.2, 0) is 0 Å². The first-order valence-electron chi connectivity index (χ1n) is 13.3. The van der Waals surface area contributed by atoms with Crippen molar-refractivity contribution in [2.45, 2.75) is 6.92 Å². The van der Waals surface area contributed by atoms with Crippen LogP contribution in [0.25, 0.3) is 0 Å². The second kappa shape index (κ2) is 11.0. The average Bonchev–Trinajstić information content (AvgIpc) is 3.54. The molecular weight excluding hydrogens is 526 g/mol. The number of aromatic amines is 2. The summed E-state index contributed by atoms with van der Waals surface area (Å²) in [4.78, 5) is 49.5. The SMILES string of the molecule is Cc1c(Nc2cc[nH]c(=O)c2C(=O)Nc2ccc(N3CCN(C(=O)c4ccn[nH]4)CC3)cc2)cnc2c1NCCO2. The fourth-order valence-corrected chi connectivity index (χ4v) is 4.96. The lowest BCUT2D eigenvalue weighted by atomic mass is 10.1. The van der Waals surface area contributed by atoms with Crippen molar-refractivity contribution < 1.29 is 14.3 Å². The predicted molar refractivity (Wildman–Crippen MR) is 154 cm³/mol. The zero-order valence-electron chi connectivity index (χ0n) is 22.4. The number of ether oxygens (including phenoxy) is 1. The van der Waals surface area contributed by atoms with Crippen LogP contribution in [0.5, 0.6) is 5.88 Å². The van der Waals surface area contributed by atoms with Crippen LogP contribution in [0.15, 0.2) is 59.8 Å². The van der Waals surface area contributed by atoms with Gasteiger partial charge in [0.2, 0.25) is 5.88 Å². The molecule has 0 saturated carbocycles. The highest BCUT2D eigenvalue weighted by Gasteiger charge is 2.24. The molecule has 4 aromatic rings. The van der Waals surface area contributed by atoms with Crippen LogP contribution >= 0.6 is 0 Å². The molecule has 41 heavy (non-hydrogen) atoms. The lowest BCUT2D eigenvalue weighted by Crippen LogP contribution is -2.48. The summed E-state index contributed by atoms with van der Waals surface area (Å²) >= 11 is 0. The third kappa shape index (κ3) is 5.29. The molecule has 3 aromatic heterocycles. The molecular formula is C28H29N9O4. The molecule has 1 saturated heterocycles. The second-order valence-electron chi connectivity index (χ2n) is 9.72. The van der Waals surface area contributed by atoms with Gasteiger partial charge >= 0.3 is 0 Å². The van der Waals surface area contributed by atoms with Crippen molar-refractivity contribution >= 4 is 40.3 Å². The largest absolute Gasteiger partial charge is 0.474 e. The van der Waals surface area contributed by atoms with E-state index in [0.717, 1.165) is 16.9 Å². The van der Waals surface area contributed by atoms with Crippen LogP contribution < -0.4 is 31.1 Å². The molecule has 13 nitrogen and oxygen atoms in total. The Morgan fingerprint density at radius 2 is 1.83 bits per heavy atom. The Bertz CT molecular complexity index is 1630. The highest BCUT2D eigenvalue weighted by Crippen LogP contribution is 2.34. The van der Waals surface area contributed by atoms with Gasteiger partial charge in [-0.25, -0.2) is 4.98 Å². The van der Waals surface area contributed by atoms with Crippen molar-refractivity contribution in [3.8, 4) is 5.88 Å². The third-order valence-electron chi connectivity index (χ3n) is 7.19. The fourth-order valence-electron chi connectivity index (χ4n) is 4.96. The Kier molecular flexibility index (Phi) is 6.98. The highest BCUT2D eigenvalue weighted by atomic mass is 16.5. The summed E-state index contributed by atoms with van der Waals surface area (Å²) in [5.41, 5.74) is 4.09. The molecule has 6 rings (SSSR count). The summed E-state index contributed by atoms with van der Waals surface area (Å²) in [5.74, 6) is -0.0807. The number of rotatable bonds is 6. The first-order chi connectivity index (χ1) is 20.0. The van der Waals surface area contributed by atoms with Crippen LogP contribution in [0.1, 0.15) is 26.4 Å². The van der Waals surface area contributed by atoms with Crippen LogP contribution in [0.2, 0.25) is 0 Å². The maximum Gasteiger partial charge on any atom is 0.271 e. The summed E-state index contributed by atoms with van der Waals surface area (Å²) < 4.78 is 5.59. The number of benzene rings is 1. The first kappa shape index (κ1) is 25.9. The van der Waals surface area contributed by atoms with Gasteiger partial charge in [-0.15, -0.1) is 0 Å². The van der Waals surface area contributed by atoms with Crippen molar-refractivity contribution in [3.05, 3.63) is 82.2 Å². The van der Waals surface area contributed by atoms with Crippen molar-refractivity contribution in [1.82, 2.24) is 25.1 Å². The Hall–Kier alpha value is -5.33. The molecule has 2 amide bonds. The lowest BCUT2D eigenvalue weighted by Gasteiger charge is -2.36. The van der Waals surface area contributed by atoms with Crippen LogP contribution in [0.4, 0.5) is 28.4 Å². The number of amides is 2.